The van der Waals surface area contributed by atoms with Crippen molar-refractivity contribution < 1.29 is 28.0 Å². The van der Waals surface area contributed by atoms with Gasteiger partial charge < -0.3 is 28.0 Å². The summed E-state index contributed by atoms with van der Waals surface area (Å²) in [7, 11) is 3.80. The number of rotatable bonds is 8. The van der Waals surface area contributed by atoms with E-state index in [1.807, 2.05) is 72.8 Å². The zero-order valence-corrected chi connectivity index (χ0v) is 43.7. The van der Waals surface area contributed by atoms with Crippen molar-refractivity contribution in [1.82, 2.24) is 19.9 Å². The molecule has 0 saturated heterocycles. The summed E-state index contributed by atoms with van der Waals surface area (Å²) in [5.74, 6) is 2.61. The predicted molar refractivity (Wildman–Crippen MR) is 327 cm³/mol. The van der Waals surface area contributed by atoms with Gasteiger partial charge in [0.25, 0.3) is 0 Å². The second kappa shape index (κ2) is 19.4. The summed E-state index contributed by atoms with van der Waals surface area (Å²) < 4.78 is 29.2. The maximum atomic E-state index is 9.25. The molecule has 383 valence electrons. The largest absolute Gasteiger partial charge is 0.569 e. The highest BCUT2D eigenvalue weighted by molar-refractivity contribution is 6.27. The second-order valence-corrected chi connectivity index (χ2v) is 19.8. The molecule has 0 spiro atoms. The molecule has 1 N–H and O–H groups in total. The number of ether oxygens (including phenoxy) is 2. The van der Waals surface area contributed by atoms with Crippen molar-refractivity contribution >= 4 is 116 Å². The number of furan rings is 2. The van der Waals surface area contributed by atoms with Crippen LogP contribution in [0.3, 0.4) is 0 Å². The van der Waals surface area contributed by atoms with Gasteiger partial charge in [0.15, 0.2) is 39.7 Å². The first-order valence-electron chi connectivity index (χ1n) is 26.5. The molecule has 4 aromatic heterocycles. The molecule has 0 bridgehead atoms. The topological polar surface area (TPSA) is 126 Å². The van der Waals surface area contributed by atoms with Gasteiger partial charge in [0.05, 0.1) is 25.0 Å². The predicted octanol–water partition coefficient (Wildman–Crippen LogP) is 17.3. The van der Waals surface area contributed by atoms with E-state index in [4.69, 9.17) is 42.9 Å². The average Bonchev–Trinajstić information content (AvgIpc) is 4.16. The highest BCUT2D eigenvalue weighted by atomic mass is 16.5. The SMILES string of the molecule is COc1c(O[B]O)ccc2c1oc1c(-c3ccccc3)nc(-c3ccc4c5ccccc5c5ccccc5c4c3)nc12.COc1cccc2c1oc1c(-c3ccccc3)nc(-c3ccc4c5ccccc5c5ccccc5c4c3)nc12. The average molecular weight is 1050 g/mol. The third kappa shape index (κ3) is 7.77. The Hall–Kier alpha value is -10.6. The molecule has 0 aliphatic rings. The fraction of sp³-hybridized carbons (Fsp3) is 0.0286. The molecule has 0 atom stereocenters. The minimum Gasteiger partial charge on any atom is -0.535 e. The molecule has 12 aromatic carbocycles. The summed E-state index contributed by atoms with van der Waals surface area (Å²) in [5.41, 5.74) is 8.95. The summed E-state index contributed by atoms with van der Waals surface area (Å²) in [4.78, 5) is 20.3. The van der Waals surface area contributed by atoms with Gasteiger partial charge in [-0.2, -0.15) is 0 Å². The Labute approximate surface area is 463 Å². The van der Waals surface area contributed by atoms with Crippen LogP contribution in [0.15, 0.2) is 233 Å². The first kappa shape index (κ1) is 47.6. The van der Waals surface area contributed by atoms with Crippen LogP contribution in [-0.2, 0) is 0 Å². The molecule has 11 heteroatoms. The Bertz CT molecular complexity index is 5110. The lowest BCUT2D eigenvalue weighted by molar-refractivity contribution is 0.380. The molecular formula is C70H44BN4O6. The van der Waals surface area contributed by atoms with E-state index >= 15 is 0 Å². The standard InChI is InChI=1S/C35H22BN2O4.C35H22N2O2/c1-40-33-29(42-36-39)18-17-27-31-34(41-32(27)33)30(20-9-3-2-4-10-20)37-35(38-31)21-15-16-26-24-13-6-5-11-22(24)23-12-7-8-14-25(23)28(26)19-21;1-38-30-17-9-16-28-32-34(39-33(28)30)31(21-10-3-2-4-11-21)36-35(37-32)22-18-19-27-25-14-6-5-12-23(25)24-13-7-8-15-26(24)29(27)20-22/h2-19,39H,1H3;2-20H,1H3. The number of aromatic nitrogens is 4. The Morgan fingerprint density at radius 1 is 0.321 bits per heavy atom. The molecule has 0 saturated carbocycles. The van der Waals surface area contributed by atoms with Crippen molar-refractivity contribution in [3.05, 3.63) is 224 Å². The summed E-state index contributed by atoms with van der Waals surface area (Å²) >= 11 is 0. The van der Waals surface area contributed by atoms with E-state index in [-0.39, 0.29) is 0 Å². The zero-order valence-electron chi connectivity index (χ0n) is 43.7. The molecule has 0 fully saturated rings. The van der Waals surface area contributed by atoms with Crippen LogP contribution >= 0.6 is 0 Å². The van der Waals surface area contributed by atoms with Crippen molar-refractivity contribution in [3.63, 3.8) is 0 Å². The number of hydrogen-bond donors (Lipinski definition) is 1. The van der Waals surface area contributed by atoms with E-state index in [0.717, 1.165) is 49.6 Å². The third-order valence-corrected chi connectivity index (χ3v) is 15.4. The van der Waals surface area contributed by atoms with Crippen LogP contribution < -0.4 is 14.1 Å². The Morgan fingerprint density at radius 3 is 1.14 bits per heavy atom. The van der Waals surface area contributed by atoms with Crippen LogP contribution in [-0.4, -0.2) is 46.9 Å². The van der Waals surface area contributed by atoms with Gasteiger partial charge in [-0.25, -0.2) is 19.9 Å². The fourth-order valence-electron chi connectivity index (χ4n) is 11.7. The van der Waals surface area contributed by atoms with Gasteiger partial charge in [-0.15, -0.1) is 0 Å². The molecule has 0 unspecified atom stereocenters. The molecule has 0 amide bonds. The maximum Gasteiger partial charge on any atom is 0.569 e. The summed E-state index contributed by atoms with van der Waals surface area (Å²) in [6, 6.07) is 76.8. The van der Waals surface area contributed by atoms with Gasteiger partial charge in [0.2, 0.25) is 5.75 Å². The highest BCUT2D eigenvalue weighted by Gasteiger charge is 2.24. The minimum atomic E-state index is 0.328. The molecule has 16 aromatic rings. The Kier molecular flexibility index (Phi) is 11.4. The molecule has 10 nitrogen and oxygen atoms in total. The number of fused-ring (bicyclic) bond motifs is 18. The molecule has 81 heavy (non-hydrogen) atoms. The van der Waals surface area contributed by atoms with Gasteiger partial charge in [0.1, 0.15) is 28.2 Å². The van der Waals surface area contributed by atoms with Crippen LogP contribution in [0.1, 0.15) is 0 Å². The van der Waals surface area contributed by atoms with E-state index in [1.54, 1.807) is 13.2 Å². The molecule has 1 radical (unpaired) electrons. The highest BCUT2D eigenvalue weighted by Crippen LogP contribution is 2.45. The lowest BCUT2D eigenvalue weighted by Crippen LogP contribution is -2.01. The van der Waals surface area contributed by atoms with Gasteiger partial charge in [-0.3, -0.25) is 0 Å². The van der Waals surface area contributed by atoms with E-state index in [1.165, 1.54) is 66.4 Å². The second-order valence-electron chi connectivity index (χ2n) is 19.8. The number of benzene rings is 12. The molecule has 4 heterocycles. The van der Waals surface area contributed by atoms with E-state index < -0.39 is 0 Å². The Morgan fingerprint density at radius 2 is 0.704 bits per heavy atom. The van der Waals surface area contributed by atoms with Gasteiger partial charge in [-0.05, 0) is 101 Å². The van der Waals surface area contributed by atoms with Crippen LogP contribution in [0.5, 0.6) is 17.2 Å². The maximum absolute atomic E-state index is 9.25. The van der Waals surface area contributed by atoms with Crippen molar-refractivity contribution in [2.75, 3.05) is 14.2 Å². The number of methoxy groups -OCH3 is 2. The van der Waals surface area contributed by atoms with Gasteiger partial charge in [-0.1, -0.05) is 188 Å². The Balaban J connectivity index is 0.000000140. The third-order valence-electron chi connectivity index (χ3n) is 15.4. The summed E-state index contributed by atoms with van der Waals surface area (Å²) in [6.07, 6.45) is 0. The van der Waals surface area contributed by atoms with Crippen LogP contribution in [0.2, 0.25) is 0 Å². The summed E-state index contributed by atoms with van der Waals surface area (Å²) in [5, 5.41) is 25.5. The lowest BCUT2D eigenvalue weighted by Gasteiger charge is -2.12. The normalized spacial score (nSPS) is 11.6. The van der Waals surface area contributed by atoms with E-state index in [2.05, 4.69) is 146 Å². The van der Waals surface area contributed by atoms with Crippen LogP contribution in [0.25, 0.3) is 154 Å². The minimum absolute atomic E-state index is 0.328. The van der Waals surface area contributed by atoms with Crippen LogP contribution in [0.4, 0.5) is 0 Å². The molecule has 16 rings (SSSR count). The van der Waals surface area contributed by atoms with Crippen molar-refractivity contribution in [2.24, 2.45) is 0 Å². The number of hydrogen-bond acceptors (Lipinski definition) is 10. The summed E-state index contributed by atoms with van der Waals surface area (Å²) in [6.45, 7) is 0. The van der Waals surface area contributed by atoms with E-state index in [0.29, 0.717) is 70.1 Å². The fourth-order valence-corrected chi connectivity index (χ4v) is 11.7. The monoisotopic (exact) mass is 1050 g/mol. The van der Waals surface area contributed by atoms with Crippen molar-refractivity contribution in [3.8, 4) is 62.5 Å². The first-order valence-corrected chi connectivity index (χ1v) is 26.5. The van der Waals surface area contributed by atoms with Crippen LogP contribution in [0, 0.1) is 0 Å². The van der Waals surface area contributed by atoms with E-state index in [9.17, 15) is 5.02 Å². The quantitative estimate of drug-likeness (QED) is 0.116. The molecule has 0 aliphatic carbocycles. The van der Waals surface area contributed by atoms with Crippen molar-refractivity contribution in [2.45, 2.75) is 0 Å². The molecule has 0 aliphatic heterocycles. The smallest absolute Gasteiger partial charge is 0.535 e. The molecular weight excluding hydrogens is 1000 g/mol. The number of nitrogens with zero attached hydrogens (tertiary/aromatic N) is 4. The van der Waals surface area contributed by atoms with Gasteiger partial charge in [0, 0.05) is 22.3 Å². The lowest BCUT2D eigenvalue weighted by atomic mass is 9.93. The van der Waals surface area contributed by atoms with Crippen molar-refractivity contribution in [1.29, 1.82) is 0 Å². The number of para-hydroxylation sites is 1. The zero-order chi connectivity index (χ0) is 54.1. The first-order chi connectivity index (χ1) is 40.0. The van der Waals surface area contributed by atoms with Gasteiger partial charge >= 0.3 is 7.69 Å².